The lowest BCUT2D eigenvalue weighted by Gasteiger charge is -2.19. The molecule has 1 N–H and O–H groups in total. The molecular weight excluding hydrogens is 244 g/mol. The summed E-state index contributed by atoms with van der Waals surface area (Å²) in [6.07, 6.45) is 5.83. The third-order valence-electron chi connectivity index (χ3n) is 2.85. The van der Waals surface area contributed by atoms with E-state index < -0.39 is 0 Å². The van der Waals surface area contributed by atoms with Crippen LogP contribution < -0.4 is 5.32 Å². The highest BCUT2D eigenvalue weighted by atomic mass is 35.5. The number of halogens is 1. The fraction of sp³-hybridized carbons (Fsp3) is 0.267. The normalized spacial score (nSPS) is 12.1. The molecule has 0 spiro atoms. The first-order valence-electron chi connectivity index (χ1n) is 6.21. The molecule has 18 heavy (non-hydrogen) atoms. The van der Waals surface area contributed by atoms with Crippen LogP contribution in [0, 0.1) is 0 Å². The Balaban J connectivity index is 2.15. The first-order chi connectivity index (χ1) is 8.79. The monoisotopic (exact) mass is 260 g/mol. The van der Waals surface area contributed by atoms with Gasteiger partial charge in [-0.15, -0.1) is 0 Å². The quantitative estimate of drug-likeness (QED) is 0.844. The minimum atomic E-state index is 0.302. The average molecular weight is 261 g/mol. The van der Waals surface area contributed by atoms with Crippen molar-refractivity contribution in [1.29, 1.82) is 0 Å². The molecule has 0 amide bonds. The van der Waals surface area contributed by atoms with Crippen LogP contribution in [0.25, 0.3) is 0 Å². The SMILES string of the molecule is CCCC(Nc1cccnc1)c1ccc(Cl)cc1. The van der Waals surface area contributed by atoms with Gasteiger partial charge in [-0.3, -0.25) is 4.98 Å². The van der Waals surface area contributed by atoms with Gasteiger partial charge in [0.25, 0.3) is 0 Å². The molecular formula is C15H17ClN2. The van der Waals surface area contributed by atoms with E-state index in [-0.39, 0.29) is 0 Å². The Labute approximate surface area is 113 Å². The largest absolute Gasteiger partial charge is 0.377 e. The number of nitrogens with one attached hydrogen (secondary N) is 1. The van der Waals surface area contributed by atoms with Gasteiger partial charge in [0.15, 0.2) is 0 Å². The molecule has 0 aliphatic heterocycles. The Morgan fingerprint density at radius 3 is 2.61 bits per heavy atom. The molecule has 2 nitrogen and oxygen atoms in total. The van der Waals surface area contributed by atoms with E-state index >= 15 is 0 Å². The molecule has 1 atom stereocenters. The van der Waals surface area contributed by atoms with Crippen molar-refractivity contribution in [2.45, 2.75) is 25.8 Å². The number of hydrogen-bond acceptors (Lipinski definition) is 2. The van der Waals surface area contributed by atoms with Crippen LogP contribution in [0.1, 0.15) is 31.4 Å². The van der Waals surface area contributed by atoms with Gasteiger partial charge in [0.1, 0.15) is 0 Å². The van der Waals surface area contributed by atoms with Gasteiger partial charge in [0.05, 0.1) is 11.7 Å². The highest BCUT2D eigenvalue weighted by Gasteiger charge is 2.10. The Kier molecular flexibility index (Phi) is 4.59. The molecule has 3 heteroatoms. The van der Waals surface area contributed by atoms with Crippen LogP contribution in [0.5, 0.6) is 0 Å². The molecule has 2 aromatic rings. The van der Waals surface area contributed by atoms with Gasteiger partial charge in [-0.25, -0.2) is 0 Å². The third-order valence-corrected chi connectivity index (χ3v) is 3.10. The fourth-order valence-electron chi connectivity index (χ4n) is 1.96. The van der Waals surface area contributed by atoms with Crippen LogP contribution in [0.15, 0.2) is 48.8 Å². The van der Waals surface area contributed by atoms with E-state index in [4.69, 9.17) is 11.6 Å². The lowest BCUT2D eigenvalue weighted by molar-refractivity contribution is 0.677. The second-order valence-electron chi connectivity index (χ2n) is 4.28. The van der Waals surface area contributed by atoms with E-state index in [2.05, 4.69) is 29.4 Å². The summed E-state index contributed by atoms with van der Waals surface area (Å²) in [4.78, 5) is 4.12. The van der Waals surface area contributed by atoms with Crippen molar-refractivity contribution in [2.24, 2.45) is 0 Å². The topological polar surface area (TPSA) is 24.9 Å². The van der Waals surface area contributed by atoms with E-state index in [1.807, 2.05) is 30.5 Å². The van der Waals surface area contributed by atoms with E-state index in [0.29, 0.717) is 6.04 Å². The first kappa shape index (κ1) is 12.9. The van der Waals surface area contributed by atoms with Crippen molar-refractivity contribution in [1.82, 2.24) is 4.98 Å². The molecule has 0 bridgehead atoms. The van der Waals surface area contributed by atoms with Crippen molar-refractivity contribution in [2.75, 3.05) is 5.32 Å². The number of aromatic nitrogens is 1. The lowest BCUT2D eigenvalue weighted by atomic mass is 10.0. The summed E-state index contributed by atoms with van der Waals surface area (Å²) in [6.45, 7) is 2.19. The molecule has 94 valence electrons. The van der Waals surface area contributed by atoms with Gasteiger partial charge in [0, 0.05) is 17.4 Å². The van der Waals surface area contributed by atoms with Crippen LogP contribution >= 0.6 is 11.6 Å². The standard InChI is InChI=1S/C15H17ClN2/c1-2-4-15(12-6-8-13(16)9-7-12)18-14-5-3-10-17-11-14/h3,5-11,15,18H,2,4H2,1H3. The number of nitrogens with zero attached hydrogens (tertiary/aromatic N) is 1. The summed E-state index contributed by atoms with van der Waals surface area (Å²) in [7, 11) is 0. The van der Waals surface area contributed by atoms with Crippen molar-refractivity contribution < 1.29 is 0 Å². The maximum atomic E-state index is 5.92. The van der Waals surface area contributed by atoms with Gasteiger partial charge < -0.3 is 5.32 Å². The van der Waals surface area contributed by atoms with E-state index in [1.165, 1.54) is 5.56 Å². The number of hydrogen-bond donors (Lipinski definition) is 1. The van der Waals surface area contributed by atoms with Crippen LogP contribution in [0.2, 0.25) is 5.02 Å². The zero-order chi connectivity index (χ0) is 12.8. The second-order valence-corrected chi connectivity index (χ2v) is 4.72. The van der Waals surface area contributed by atoms with Crippen molar-refractivity contribution in [3.63, 3.8) is 0 Å². The smallest absolute Gasteiger partial charge is 0.0531 e. The van der Waals surface area contributed by atoms with Crippen molar-refractivity contribution in [3.05, 3.63) is 59.4 Å². The van der Waals surface area contributed by atoms with Gasteiger partial charge in [-0.05, 0) is 36.2 Å². The van der Waals surface area contributed by atoms with E-state index in [0.717, 1.165) is 23.6 Å². The molecule has 0 aliphatic rings. The molecule has 1 unspecified atom stereocenters. The first-order valence-corrected chi connectivity index (χ1v) is 6.59. The van der Waals surface area contributed by atoms with E-state index in [1.54, 1.807) is 6.20 Å². The Bertz CT molecular complexity index is 468. The maximum absolute atomic E-state index is 5.92. The Morgan fingerprint density at radius 1 is 1.22 bits per heavy atom. The maximum Gasteiger partial charge on any atom is 0.0531 e. The fourth-order valence-corrected chi connectivity index (χ4v) is 2.08. The second kappa shape index (κ2) is 6.41. The summed E-state index contributed by atoms with van der Waals surface area (Å²) in [6, 6.07) is 12.3. The summed E-state index contributed by atoms with van der Waals surface area (Å²) >= 11 is 5.92. The molecule has 0 fully saturated rings. The molecule has 2 rings (SSSR count). The Morgan fingerprint density at radius 2 is 2.00 bits per heavy atom. The predicted octanol–water partition coefficient (Wildman–Crippen LogP) is 4.69. The zero-order valence-electron chi connectivity index (χ0n) is 10.4. The zero-order valence-corrected chi connectivity index (χ0v) is 11.2. The molecule has 0 saturated heterocycles. The number of pyridine rings is 1. The highest BCUT2D eigenvalue weighted by molar-refractivity contribution is 6.30. The summed E-state index contributed by atoms with van der Waals surface area (Å²) in [5.74, 6) is 0. The van der Waals surface area contributed by atoms with E-state index in [9.17, 15) is 0 Å². The molecule has 1 aromatic heterocycles. The average Bonchev–Trinajstić information content (AvgIpc) is 2.40. The Hall–Kier alpha value is -1.54. The minimum Gasteiger partial charge on any atom is -0.377 e. The summed E-state index contributed by atoms with van der Waals surface area (Å²) < 4.78 is 0. The molecule has 0 radical (unpaired) electrons. The third kappa shape index (κ3) is 3.47. The highest BCUT2D eigenvalue weighted by Crippen LogP contribution is 2.24. The van der Waals surface area contributed by atoms with Crippen molar-refractivity contribution >= 4 is 17.3 Å². The summed E-state index contributed by atoms with van der Waals surface area (Å²) in [5, 5.41) is 4.28. The van der Waals surface area contributed by atoms with Gasteiger partial charge in [-0.1, -0.05) is 37.1 Å². The number of anilines is 1. The predicted molar refractivity (Wildman–Crippen MR) is 77.0 cm³/mol. The molecule has 1 heterocycles. The van der Waals surface area contributed by atoms with Gasteiger partial charge in [-0.2, -0.15) is 0 Å². The van der Waals surface area contributed by atoms with Crippen molar-refractivity contribution in [3.8, 4) is 0 Å². The van der Waals surface area contributed by atoms with Gasteiger partial charge in [0.2, 0.25) is 0 Å². The minimum absolute atomic E-state index is 0.302. The molecule has 1 aromatic carbocycles. The van der Waals surface area contributed by atoms with Crippen LogP contribution in [0.3, 0.4) is 0 Å². The number of benzene rings is 1. The van der Waals surface area contributed by atoms with Crippen LogP contribution in [-0.4, -0.2) is 4.98 Å². The van der Waals surface area contributed by atoms with Crippen LogP contribution in [0.4, 0.5) is 5.69 Å². The lowest BCUT2D eigenvalue weighted by Crippen LogP contribution is -2.10. The van der Waals surface area contributed by atoms with Crippen LogP contribution in [-0.2, 0) is 0 Å². The molecule has 0 aliphatic carbocycles. The van der Waals surface area contributed by atoms with Gasteiger partial charge >= 0.3 is 0 Å². The summed E-state index contributed by atoms with van der Waals surface area (Å²) in [5.41, 5.74) is 2.30. The number of rotatable bonds is 5. The molecule has 0 saturated carbocycles.